The van der Waals surface area contributed by atoms with Crippen LogP contribution in [0, 0.1) is 11.8 Å². The lowest BCUT2D eigenvalue weighted by Crippen LogP contribution is -2.39. The maximum Gasteiger partial charge on any atom is 0.240 e. The van der Waals surface area contributed by atoms with Crippen LogP contribution < -0.4 is 4.72 Å². The summed E-state index contributed by atoms with van der Waals surface area (Å²) in [4.78, 5) is 0.262. The van der Waals surface area contributed by atoms with E-state index in [1.54, 1.807) is 31.2 Å². The molecule has 0 heterocycles. The Bertz CT molecular complexity index is 566. The molecule has 0 saturated heterocycles. The minimum absolute atomic E-state index is 0.0256. The molecule has 1 aliphatic carbocycles. The van der Waals surface area contributed by atoms with Gasteiger partial charge in [0, 0.05) is 6.04 Å². The molecule has 0 bridgehead atoms. The van der Waals surface area contributed by atoms with E-state index in [0.29, 0.717) is 17.4 Å². The first-order chi connectivity index (χ1) is 9.79. The Labute approximate surface area is 127 Å². The Morgan fingerprint density at radius 1 is 1.14 bits per heavy atom. The molecule has 2 N–H and O–H groups in total. The number of rotatable bonds is 4. The SMILES string of the molecule is CC(O)c1ccc(S(=O)(=O)NC2CCC(C)C(C)C2)cc1. The second kappa shape index (κ2) is 6.46. The van der Waals surface area contributed by atoms with E-state index < -0.39 is 16.1 Å². The van der Waals surface area contributed by atoms with Crippen molar-refractivity contribution in [2.75, 3.05) is 0 Å². The van der Waals surface area contributed by atoms with E-state index in [0.717, 1.165) is 19.3 Å². The van der Waals surface area contributed by atoms with Gasteiger partial charge in [0.1, 0.15) is 0 Å². The van der Waals surface area contributed by atoms with E-state index in [9.17, 15) is 13.5 Å². The summed E-state index contributed by atoms with van der Waals surface area (Å²) in [6.07, 6.45) is 2.27. The molecule has 1 fully saturated rings. The molecule has 0 amide bonds. The van der Waals surface area contributed by atoms with Crippen LogP contribution in [0.4, 0.5) is 0 Å². The number of sulfonamides is 1. The van der Waals surface area contributed by atoms with Gasteiger partial charge < -0.3 is 5.11 Å². The highest BCUT2D eigenvalue weighted by Crippen LogP contribution is 2.30. The van der Waals surface area contributed by atoms with Gasteiger partial charge in [-0.1, -0.05) is 26.0 Å². The molecule has 1 saturated carbocycles. The standard InChI is InChI=1S/C16H25NO3S/c1-11-4-7-15(10-12(11)2)17-21(19,20)16-8-5-14(6-9-16)13(3)18/h5-6,8-9,11-13,15,17-18H,4,7,10H2,1-3H3. The first-order valence-electron chi connectivity index (χ1n) is 7.60. The molecule has 21 heavy (non-hydrogen) atoms. The van der Waals surface area contributed by atoms with Crippen LogP contribution in [0.1, 0.15) is 51.7 Å². The van der Waals surface area contributed by atoms with E-state index in [4.69, 9.17) is 0 Å². The number of hydrogen-bond acceptors (Lipinski definition) is 3. The van der Waals surface area contributed by atoms with Crippen molar-refractivity contribution in [3.8, 4) is 0 Å². The largest absolute Gasteiger partial charge is 0.389 e. The first kappa shape index (κ1) is 16.5. The summed E-state index contributed by atoms with van der Waals surface area (Å²) in [5, 5.41) is 9.47. The van der Waals surface area contributed by atoms with Crippen molar-refractivity contribution in [3.63, 3.8) is 0 Å². The highest BCUT2D eigenvalue weighted by atomic mass is 32.2. The predicted molar refractivity (Wildman–Crippen MR) is 83.4 cm³/mol. The fraction of sp³-hybridized carbons (Fsp3) is 0.625. The number of hydrogen-bond donors (Lipinski definition) is 2. The number of aliphatic hydroxyl groups is 1. The van der Waals surface area contributed by atoms with Gasteiger partial charge in [-0.05, 0) is 55.7 Å². The molecular weight excluding hydrogens is 286 g/mol. The maximum absolute atomic E-state index is 12.4. The van der Waals surface area contributed by atoms with Gasteiger partial charge in [-0.3, -0.25) is 0 Å². The Balaban J connectivity index is 2.08. The lowest BCUT2D eigenvalue weighted by atomic mass is 9.79. The summed E-state index contributed by atoms with van der Waals surface area (Å²) in [6.45, 7) is 6.07. The third-order valence-corrected chi connectivity index (χ3v) is 6.13. The van der Waals surface area contributed by atoms with Crippen LogP contribution >= 0.6 is 0 Å². The van der Waals surface area contributed by atoms with E-state index in [2.05, 4.69) is 18.6 Å². The second-order valence-corrected chi connectivity index (χ2v) is 8.04. The zero-order valence-electron chi connectivity index (χ0n) is 12.9. The molecule has 4 unspecified atom stereocenters. The molecule has 118 valence electrons. The third kappa shape index (κ3) is 4.05. The summed E-state index contributed by atoms with van der Waals surface area (Å²) in [6, 6.07) is 6.45. The van der Waals surface area contributed by atoms with Crippen molar-refractivity contribution >= 4 is 10.0 Å². The van der Waals surface area contributed by atoms with Gasteiger partial charge in [-0.15, -0.1) is 0 Å². The Hall–Kier alpha value is -0.910. The van der Waals surface area contributed by atoms with Crippen LogP contribution in [0.15, 0.2) is 29.2 Å². The zero-order chi connectivity index (χ0) is 15.6. The monoisotopic (exact) mass is 311 g/mol. The molecule has 1 aromatic carbocycles. The van der Waals surface area contributed by atoms with Crippen molar-refractivity contribution in [2.24, 2.45) is 11.8 Å². The van der Waals surface area contributed by atoms with Crippen LogP contribution in [-0.2, 0) is 10.0 Å². The van der Waals surface area contributed by atoms with Gasteiger partial charge in [0.25, 0.3) is 0 Å². The van der Waals surface area contributed by atoms with Crippen LogP contribution in [0.25, 0.3) is 0 Å². The summed E-state index contributed by atoms with van der Waals surface area (Å²) in [5.41, 5.74) is 0.717. The lowest BCUT2D eigenvalue weighted by molar-refractivity contribution is 0.199. The number of nitrogens with one attached hydrogen (secondary N) is 1. The molecule has 4 atom stereocenters. The van der Waals surface area contributed by atoms with Crippen molar-refractivity contribution < 1.29 is 13.5 Å². The second-order valence-electron chi connectivity index (χ2n) is 6.33. The Morgan fingerprint density at radius 3 is 2.29 bits per heavy atom. The molecule has 0 spiro atoms. The normalized spacial score (nSPS) is 28.3. The van der Waals surface area contributed by atoms with Gasteiger partial charge in [-0.25, -0.2) is 13.1 Å². The topological polar surface area (TPSA) is 66.4 Å². The van der Waals surface area contributed by atoms with Crippen LogP contribution in [0.5, 0.6) is 0 Å². The summed E-state index contributed by atoms with van der Waals surface area (Å²) < 4.78 is 27.6. The van der Waals surface area contributed by atoms with E-state index >= 15 is 0 Å². The number of benzene rings is 1. The first-order valence-corrected chi connectivity index (χ1v) is 9.08. The molecule has 1 aromatic rings. The molecule has 1 aliphatic rings. The van der Waals surface area contributed by atoms with Crippen LogP contribution in [-0.4, -0.2) is 19.6 Å². The van der Waals surface area contributed by atoms with Gasteiger partial charge in [0.15, 0.2) is 0 Å². The number of aliphatic hydroxyl groups excluding tert-OH is 1. The predicted octanol–water partition coefficient (Wildman–Crippen LogP) is 2.84. The summed E-state index contributed by atoms with van der Waals surface area (Å²) in [7, 11) is -3.47. The van der Waals surface area contributed by atoms with Crippen LogP contribution in [0.2, 0.25) is 0 Å². The highest BCUT2D eigenvalue weighted by molar-refractivity contribution is 7.89. The molecule has 4 nitrogen and oxygen atoms in total. The maximum atomic E-state index is 12.4. The fourth-order valence-electron chi connectivity index (χ4n) is 2.87. The zero-order valence-corrected chi connectivity index (χ0v) is 13.7. The average Bonchev–Trinajstić information content (AvgIpc) is 2.43. The minimum Gasteiger partial charge on any atom is -0.389 e. The van der Waals surface area contributed by atoms with Gasteiger partial charge in [0.05, 0.1) is 11.0 Å². The average molecular weight is 311 g/mol. The van der Waals surface area contributed by atoms with Crippen molar-refractivity contribution in [2.45, 2.75) is 57.1 Å². The summed E-state index contributed by atoms with van der Waals surface area (Å²) >= 11 is 0. The van der Waals surface area contributed by atoms with E-state index in [1.807, 2.05) is 0 Å². The highest BCUT2D eigenvalue weighted by Gasteiger charge is 2.28. The molecule has 2 rings (SSSR count). The van der Waals surface area contributed by atoms with E-state index in [-0.39, 0.29) is 10.9 Å². The fourth-order valence-corrected chi connectivity index (χ4v) is 4.15. The lowest BCUT2D eigenvalue weighted by Gasteiger charge is -2.32. The smallest absolute Gasteiger partial charge is 0.240 e. The van der Waals surface area contributed by atoms with Crippen molar-refractivity contribution in [3.05, 3.63) is 29.8 Å². The molecule has 0 aromatic heterocycles. The Kier molecular flexibility index (Phi) is 5.07. The quantitative estimate of drug-likeness (QED) is 0.898. The third-order valence-electron chi connectivity index (χ3n) is 4.59. The van der Waals surface area contributed by atoms with E-state index in [1.165, 1.54) is 0 Å². The van der Waals surface area contributed by atoms with Crippen LogP contribution in [0.3, 0.4) is 0 Å². The van der Waals surface area contributed by atoms with Gasteiger partial charge in [0.2, 0.25) is 10.0 Å². The van der Waals surface area contributed by atoms with Gasteiger partial charge in [-0.2, -0.15) is 0 Å². The van der Waals surface area contributed by atoms with Gasteiger partial charge >= 0.3 is 0 Å². The van der Waals surface area contributed by atoms with Crippen molar-refractivity contribution in [1.29, 1.82) is 0 Å². The molecule has 5 heteroatoms. The molecule has 0 aliphatic heterocycles. The molecule has 0 radical (unpaired) electrons. The Morgan fingerprint density at radius 2 is 1.76 bits per heavy atom. The minimum atomic E-state index is -3.47. The van der Waals surface area contributed by atoms with Crippen molar-refractivity contribution in [1.82, 2.24) is 4.72 Å². The summed E-state index contributed by atoms with van der Waals surface area (Å²) in [5.74, 6) is 1.21. The molecular formula is C16H25NO3S.